The Bertz CT molecular complexity index is 508. The monoisotopic (exact) mass is 252 g/mol. The lowest BCUT2D eigenvalue weighted by Crippen LogP contribution is -2.26. The van der Waals surface area contributed by atoms with Crippen LogP contribution in [-0.2, 0) is 4.79 Å². The van der Waals surface area contributed by atoms with E-state index in [1.165, 1.54) is 12.1 Å². The van der Waals surface area contributed by atoms with Crippen LogP contribution in [0.2, 0.25) is 0 Å². The van der Waals surface area contributed by atoms with Crippen LogP contribution >= 0.6 is 0 Å². The highest BCUT2D eigenvalue weighted by Gasteiger charge is 2.26. The van der Waals surface area contributed by atoms with Crippen molar-refractivity contribution in [3.8, 4) is 0 Å². The van der Waals surface area contributed by atoms with Gasteiger partial charge < -0.3 is 10.2 Å². The van der Waals surface area contributed by atoms with Gasteiger partial charge in [0.2, 0.25) is 0 Å². The van der Waals surface area contributed by atoms with Crippen LogP contribution in [0.25, 0.3) is 10.4 Å². The second kappa shape index (κ2) is 5.62. The van der Waals surface area contributed by atoms with Crippen LogP contribution < -0.4 is 0 Å². The van der Waals surface area contributed by atoms with Crippen molar-refractivity contribution >= 4 is 11.7 Å². The molecule has 0 amide bonds. The average molecular weight is 252 g/mol. The summed E-state index contributed by atoms with van der Waals surface area (Å²) in [6.45, 7) is 0. The molecule has 0 aliphatic rings. The standard InChI is InChI=1S/C9H8N4O5/c10-12-11-7(8(14)9(15)16)5-1-3-6(4-2-5)13(17)18/h1-4,7-8,14H,(H,15,16). The fourth-order valence-corrected chi connectivity index (χ4v) is 1.30. The summed E-state index contributed by atoms with van der Waals surface area (Å²) in [6.07, 6.45) is -1.91. The predicted octanol–water partition coefficient (Wildman–Crippen LogP) is 1.39. The Morgan fingerprint density at radius 2 is 2.00 bits per heavy atom. The Hall–Kier alpha value is -2.64. The van der Waals surface area contributed by atoms with Gasteiger partial charge >= 0.3 is 5.97 Å². The number of rotatable bonds is 5. The summed E-state index contributed by atoms with van der Waals surface area (Å²) >= 11 is 0. The van der Waals surface area contributed by atoms with Gasteiger partial charge in [-0.2, -0.15) is 0 Å². The normalized spacial score (nSPS) is 13.2. The second-order valence-electron chi connectivity index (χ2n) is 3.28. The van der Waals surface area contributed by atoms with E-state index in [0.29, 0.717) is 0 Å². The number of nitrogens with zero attached hydrogens (tertiary/aromatic N) is 4. The molecule has 0 spiro atoms. The second-order valence-corrected chi connectivity index (χ2v) is 3.28. The van der Waals surface area contributed by atoms with Gasteiger partial charge in [0.25, 0.3) is 5.69 Å². The smallest absolute Gasteiger partial charge is 0.333 e. The molecule has 0 bridgehead atoms. The minimum Gasteiger partial charge on any atom is -0.479 e. The van der Waals surface area contributed by atoms with Crippen molar-refractivity contribution in [1.29, 1.82) is 0 Å². The largest absolute Gasteiger partial charge is 0.479 e. The quantitative estimate of drug-likeness (QED) is 0.267. The fourth-order valence-electron chi connectivity index (χ4n) is 1.30. The molecule has 1 rings (SSSR count). The zero-order valence-electron chi connectivity index (χ0n) is 8.87. The molecule has 0 saturated carbocycles. The number of azide groups is 1. The van der Waals surface area contributed by atoms with E-state index in [2.05, 4.69) is 10.0 Å². The molecule has 18 heavy (non-hydrogen) atoms. The van der Waals surface area contributed by atoms with Gasteiger partial charge in [0.15, 0.2) is 6.10 Å². The molecule has 9 heteroatoms. The Kier molecular flexibility index (Phi) is 4.19. The number of non-ortho nitro benzene ring substituents is 1. The van der Waals surface area contributed by atoms with Crippen LogP contribution in [0.1, 0.15) is 11.6 Å². The minimum atomic E-state index is -1.91. The Balaban J connectivity index is 3.10. The summed E-state index contributed by atoms with van der Waals surface area (Å²) in [6, 6.07) is 3.37. The number of nitro groups is 1. The molecular formula is C9H8N4O5. The Labute approximate surface area is 100 Å². The molecule has 0 aliphatic carbocycles. The van der Waals surface area contributed by atoms with Gasteiger partial charge in [-0.25, -0.2) is 4.79 Å². The number of aliphatic carboxylic acids is 1. The number of carbonyl (C=O) groups is 1. The maximum Gasteiger partial charge on any atom is 0.333 e. The van der Waals surface area contributed by atoms with E-state index >= 15 is 0 Å². The molecule has 0 radical (unpaired) electrons. The Morgan fingerprint density at radius 3 is 2.39 bits per heavy atom. The van der Waals surface area contributed by atoms with Gasteiger partial charge in [-0.3, -0.25) is 10.1 Å². The first-order valence-electron chi connectivity index (χ1n) is 4.66. The molecule has 0 heterocycles. The summed E-state index contributed by atoms with van der Waals surface area (Å²) in [5.74, 6) is -1.55. The van der Waals surface area contributed by atoms with E-state index in [4.69, 9.17) is 10.6 Å². The highest BCUT2D eigenvalue weighted by atomic mass is 16.6. The van der Waals surface area contributed by atoms with Gasteiger partial charge in [0.05, 0.1) is 11.0 Å². The minimum absolute atomic E-state index is 0.174. The first-order valence-corrected chi connectivity index (χ1v) is 4.66. The van der Waals surface area contributed by atoms with E-state index in [1.54, 1.807) is 0 Å². The zero-order valence-corrected chi connectivity index (χ0v) is 8.87. The van der Waals surface area contributed by atoms with Gasteiger partial charge in [-0.05, 0) is 11.1 Å². The number of hydrogen-bond donors (Lipinski definition) is 2. The van der Waals surface area contributed by atoms with Crippen LogP contribution in [0.15, 0.2) is 29.4 Å². The van der Waals surface area contributed by atoms with Crippen molar-refractivity contribution in [3.63, 3.8) is 0 Å². The molecule has 1 aromatic rings. The third kappa shape index (κ3) is 2.94. The van der Waals surface area contributed by atoms with Crippen molar-refractivity contribution in [2.24, 2.45) is 5.11 Å². The van der Waals surface area contributed by atoms with Crippen LogP contribution in [-0.4, -0.2) is 27.2 Å². The fraction of sp³-hybridized carbons (Fsp3) is 0.222. The number of carboxylic acid groups (broad SMARTS) is 1. The average Bonchev–Trinajstić information content (AvgIpc) is 2.35. The summed E-state index contributed by atoms with van der Waals surface area (Å²) < 4.78 is 0. The molecule has 0 aromatic heterocycles. The van der Waals surface area contributed by atoms with E-state index in [9.17, 15) is 20.0 Å². The molecule has 0 aliphatic heterocycles. The summed E-state index contributed by atoms with van der Waals surface area (Å²) in [5, 5.41) is 31.6. The Morgan fingerprint density at radius 1 is 1.44 bits per heavy atom. The van der Waals surface area contributed by atoms with Crippen molar-refractivity contribution < 1.29 is 19.9 Å². The topological polar surface area (TPSA) is 149 Å². The SMILES string of the molecule is [N-]=[N+]=NC(c1ccc([N+](=O)[O-])cc1)C(O)C(=O)O. The van der Waals surface area contributed by atoms with E-state index in [1.807, 2.05) is 0 Å². The molecular weight excluding hydrogens is 244 g/mol. The van der Waals surface area contributed by atoms with E-state index < -0.39 is 23.0 Å². The maximum absolute atomic E-state index is 10.6. The number of aliphatic hydroxyl groups is 1. The molecule has 2 atom stereocenters. The predicted molar refractivity (Wildman–Crippen MR) is 58.6 cm³/mol. The maximum atomic E-state index is 10.6. The van der Waals surface area contributed by atoms with E-state index in [0.717, 1.165) is 12.1 Å². The van der Waals surface area contributed by atoms with Crippen molar-refractivity contribution in [2.45, 2.75) is 12.1 Å². The lowest BCUT2D eigenvalue weighted by atomic mass is 10.0. The molecule has 0 saturated heterocycles. The van der Waals surface area contributed by atoms with Crippen LogP contribution in [0.5, 0.6) is 0 Å². The molecule has 9 nitrogen and oxygen atoms in total. The number of hydrogen-bond acceptors (Lipinski definition) is 5. The molecule has 2 N–H and O–H groups in total. The van der Waals surface area contributed by atoms with Gasteiger partial charge in [-0.1, -0.05) is 17.2 Å². The third-order valence-corrected chi connectivity index (χ3v) is 2.17. The van der Waals surface area contributed by atoms with Gasteiger partial charge in [0.1, 0.15) is 0 Å². The molecule has 1 aromatic carbocycles. The first kappa shape index (κ1) is 13.4. The molecule has 0 fully saturated rings. The number of aliphatic hydroxyl groups excluding tert-OH is 1. The molecule has 2 unspecified atom stereocenters. The van der Waals surface area contributed by atoms with Crippen LogP contribution in [0, 0.1) is 10.1 Å². The highest BCUT2D eigenvalue weighted by Crippen LogP contribution is 2.24. The summed E-state index contributed by atoms with van der Waals surface area (Å²) in [5.41, 5.74) is 8.30. The zero-order chi connectivity index (χ0) is 13.7. The van der Waals surface area contributed by atoms with Crippen LogP contribution in [0.4, 0.5) is 5.69 Å². The van der Waals surface area contributed by atoms with Gasteiger partial charge in [-0.15, -0.1) is 0 Å². The molecule has 94 valence electrons. The van der Waals surface area contributed by atoms with Crippen molar-refractivity contribution in [2.75, 3.05) is 0 Å². The lowest BCUT2D eigenvalue weighted by Gasteiger charge is -2.14. The van der Waals surface area contributed by atoms with Gasteiger partial charge in [0, 0.05) is 17.0 Å². The summed E-state index contributed by atoms with van der Waals surface area (Å²) in [4.78, 5) is 22.9. The number of carboxylic acids is 1. The summed E-state index contributed by atoms with van der Waals surface area (Å²) in [7, 11) is 0. The first-order chi connectivity index (χ1) is 8.47. The number of benzene rings is 1. The third-order valence-electron chi connectivity index (χ3n) is 2.17. The lowest BCUT2D eigenvalue weighted by molar-refractivity contribution is -0.384. The van der Waals surface area contributed by atoms with Crippen LogP contribution in [0.3, 0.4) is 0 Å². The highest BCUT2D eigenvalue weighted by molar-refractivity contribution is 5.73. The van der Waals surface area contributed by atoms with Crippen molar-refractivity contribution in [3.05, 3.63) is 50.4 Å². The van der Waals surface area contributed by atoms with Crippen molar-refractivity contribution in [1.82, 2.24) is 0 Å². The van der Waals surface area contributed by atoms with E-state index in [-0.39, 0.29) is 11.3 Å². The number of nitro benzene ring substituents is 1.